The van der Waals surface area contributed by atoms with E-state index >= 15 is 0 Å². The molecule has 0 saturated carbocycles. The van der Waals surface area contributed by atoms with Crippen molar-refractivity contribution in [2.24, 2.45) is 0 Å². The van der Waals surface area contributed by atoms with Crippen LogP contribution in [0.25, 0.3) is 0 Å². The number of nitrogens with one attached hydrogen (secondary N) is 2. The highest BCUT2D eigenvalue weighted by atomic mass is 35.5. The lowest BCUT2D eigenvalue weighted by molar-refractivity contribution is 0.0595. The number of hydrogen-bond donors (Lipinski definition) is 3. The summed E-state index contributed by atoms with van der Waals surface area (Å²) < 4.78 is 4.63. The maximum absolute atomic E-state index is 11.3. The molecule has 2 rings (SSSR count). The van der Waals surface area contributed by atoms with E-state index in [1.807, 2.05) is 12.1 Å². The van der Waals surface area contributed by atoms with Gasteiger partial charge in [-0.1, -0.05) is 23.7 Å². The van der Waals surface area contributed by atoms with Crippen molar-refractivity contribution >= 4 is 17.6 Å². The smallest absolute Gasteiger partial charge is 0.354 e. The molecule has 0 saturated heterocycles. The van der Waals surface area contributed by atoms with E-state index in [4.69, 9.17) is 11.6 Å². The van der Waals surface area contributed by atoms with E-state index in [1.165, 1.54) is 7.11 Å². The van der Waals surface area contributed by atoms with Gasteiger partial charge in [0, 0.05) is 17.8 Å². The molecule has 1 aromatic heterocycles. The molecule has 0 spiro atoms. The van der Waals surface area contributed by atoms with Gasteiger partial charge < -0.3 is 20.1 Å². The molecule has 1 unspecified atom stereocenters. The van der Waals surface area contributed by atoms with Gasteiger partial charge in [-0.25, -0.2) is 4.79 Å². The van der Waals surface area contributed by atoms with Crippen molar-refractivity contribution in [3.05, 3.63) is 58.4 Å². The van der Waals surface area contributed by atoms with Crippen LogP contribution in [0.5, 0.6) is 0 Å². The Morgan fingerprint density at radius 1 is 1.43 bits per heavy atom. The Bertz CT molecular complexity index is 595. The Kier molecular flexibility index (Phi) is 5.38. The molecule has 1 atom stereocenters. The van der Waals surface area contributed by atoms with Gasteiger partial charge in [-0.05, 0) is 29.3 Å². The van der Waals surface area contributed by atoms with Gasteiger partial charge in [-0.2, -0.15) is 0 Å². The summed E-state index contributed by atoms with van der Waals surface area (Å²) >= 11 is 5.85. The maximum Gasteiger partial charge on any atom is 0.354 e. The number of benzene rings is 1. The van der Waals surface area contributed by atoms with E-state index in [-0.39, 0.29) is 12.6 Å². The summed E-state index contributed by atoms with van der Waals surface area (Å²) in [4.78, 5) is 14.2. The van der Waals surface area contributed by atoms with E-state index in [2.05, 4.69) is 15.0 Å². The van der Waals surface area contributed by atoms with Crippen molar-refractivity contribution in [1.82, 2.24) is 10.3 Å². The topological polar surface area (TPSA) is 74.3 Å². The van der Waals surface area contributed by atoms with Crippen LogP contribution in [0.3, 0.4) is 0 Å². The molecule has 2 aromatic rings. The van der Waals surface area contributed by atoms with Crippen LogP contribution in [0.2, 0.25) is 5.02 Å². The lowest BCUT2D eigenvalue weighted by atomic mass is 10.1. The number of rotatable bonds is 6. The fourth-order valence-corrected chi connectivity index (χ4v) is 2.12. The molecular formula is C15H17ClN2O3. The van der Waals surface area contributed by atoms with Crippen LogP contribution in [0, 0.1) is 0 Å². The van der Waals surface area contributed by atoms with Gasteiger partial charge >= 0.3 is 5.97 Å². The molecule has 0 aliphatic rings. The third-order valence-corrected chi connectivity index (χ3v) is 3.41. The Balaban J connectivity index is 1.98. The second-order valence-corrected chi connectivity index (χ2v) is 5.02. The van der Waals surface area contributed by atoms with Gasteiger partial charge in [0.2, 0.25) is 0 Å². The van der Waals surface area contributed by atoms with Crippen LogP contribution in [-0.2, 0) is 11.3 Å². The number of carbonyl (C=O) groups excluding carboxylic acids is 1. The number of aliphatic hydroxyl groups is 1. The van der Waals surface area contributed by atoms with Crippen molar-refractivity contribution in [1.29, 1.82) is 0 Å². The number of carbonyl (C=O) groups is 1. The highest BCUT2D eigenvalue weighted by Crippen LogP contribution is 2.17. The first-order valence-corrected chi connectivity index (χ1v) is 6.87. The van der Waals surface area contributed by atoms with E-state index < -0.39 is 5.97 Å². The first kappa shape index (κ1) is 15.6. The minimum atomic E-state index is -0.405. The van der Waals surface area contributed by atoms with Crippen molar-refractivity contribution in [3.8, 4) is 0 Å². The summed E-state index contributed by atoms with van der Waals surface area (Å²) in [6.45, 7) is 0.483. The molecule has 3 N–H and O–H groups in total. The van der Waals surface area contributed by atoms with E-state index in [0.717, 1.165) is 11.1 Å². The van der Waals surface area contributed by atoms with Crippen LogP contribution in [-0.4, -0.2) is 29.8 Å². The molecule has 0 aliphatic heterocycles. The third kappa shape index (κ3) is 4.07. The van der Waals surface area contributed by atoms with Crippen molar-refractivity contribution in [2.75, 3.05) is 13.7 Å². The standard InChI is InChI=1S/C15H17ClN2O3/c1-21-15(20)13-6-10(7-17-13)8-18-14(9-19)11-2-4-12(16)5-3-11/h2-7,14,17-19H,8-9H2,1H3. The first-order valence-electron chi connectivity index (χ1n) is 6.49. The maximum atomic E-state index is 11.3. The number of methoxy groups -OCH3 is 1. The normalized spacial score (nSPS) is 12.1. The van der Waals surface area contributed by atoms with Crippen LogP contribution in [0.15, 0.2) is 36.5 Å². The van der Waals surface area contributed by atoms with Gasteiger partial charge in [0.05, 0.1) is 19.8 Å². The molecule has 0 fully saturated rings. The number of ether oxygens (including phenoxy) is 1. The number of aromatic amines is 1. The molecule has 0 radical (unpaired) electrons. The summed E-state index contributed by atoms with van der Waals surface area (Å²) in [7, 11) is 1.34. The largest absolute Gasteiger partial charge is 0.464 e. The highest BCUT2D eigenvalue weighted by Gasteiger charge is 2.12. The van der Waals surface area contributed by atoms with Crippen LogP contribution < -0.4 is 5.32 Å². The summed E-state index contributed by atoms with van der Waals surface area (Å²) in [6.07, 6.45) is 1.73. The Labute approximate surface area is 127 Å². The number of hydrogen-bond acceptors (Lipinski definition) is 4. The number of halogens is 1. The molecule has 0 amide bonds. The van der Waals surface area contributed by atoms with Crippen LogP contribution in [0.4, 0.5) is 0 Å². The lowest BCUT2D eigenvalue weighted by Crippen LogP contribution is -2.23. The zero-order valence-corrected chi connectivity index (χ0v) is 12.4. The first-order chi connectivity index (χ1) is 10.1. The molecule has 112 valence electrons. The van der Waals surface area contributed by atoms with Gasteiger partial charge in [-0.3, -0.25) is 0 Å². The van der Waals surface area contributed by atoms with Gasteiger partial charge in [0.25, 0.3) is 0 Å². The molecule has 1 heterocycles. The number of H-pyrrole nitrogens is 1. The van der Waals surface area contributed by atoms with E-state index in [1.54, 1.807) is 24.4 Å². The Morgan fingerprint density at radius 2 is 2.14 bits per heavy atom. The van der Waals surface area contributed by atoms with Crippen LogP contribution in [0.1, 0.15) is 27.7 Å². The summed E-state index contributed by atoms with van der Waals surface area (Å²) in [5, 5.41) is 13.4. The molecule has 0 aliphatic carbocycles. The zero-order chi connectivity index (χ0) is 15.2. The third-order valence-electron chi connectivity index (χ3n) is 3.16. The number of aliphatic hydroxyl groups excluding tert-OH is 1. The van der Waals surface area contributed by atoms with Gasteiger partial charge in [0.15, 0.2) is 0 Å². The predicted octanol–water partition coefficient (Wildman–Crippen LogP) is 2.28. The second-order valence-electron chi connectivity index (χ2n) is 4.58. The monoisotopic (exact) mass is 308 g/mol. The minimum Gasteiger partial charge on any atom is -0.464 e. The van der Waals surface area contributed by atoms with E-state index in [9.17, 15) is 9.90 Å². The molecule has 0 bridgehead atoms. The van der Waals surface area contributed by atoms with Crippen molar-refractivity contribution in [2.45, 2.75) is 12.6 Å². The molecule has 5 nitrogen and oxygen atoms in total. The Morgan fingerprint density at radius 3 is 2.76 bits per heavy atom. The summed E-state index contributed by atoms with van der Waals surface area (Å²) in [5.74, 6) is -0.405. The van der Waals surface area contributed by atoms with Crippen LogP contribution >= 0.6 is 11.6 Å². The SMILES string of the molecule is COC(=O)c1cc(CNC(CO)c2ccc(Cl)cc2)c[nH]1. The molecular weight excluding hydrogens is 292 g/mol. The average molecular weight is 309 g/mol. The van der Waals surface area contributed by atoms with Crippen molar-refractivity contribution < 1.29 is 14.6 Å². The minimum absolute atomic E-state index is 0.0318. The summed E-state index contributed by atoms with van der Waals surface area (Å²) in [6, 6.07) is 8.83. The van der Waals surface area contributed by atoms with E-state index in [0.29, 0.717) is 17.3 Å². The lowest BCUT2D eigenvalue weighted by Gasteiger charge is -2.16. The van der Waals surface area contributed by atoms with Gasteiger partial charge in [0.1, 0.15) is 5.69 Å². The Hall–Kier alpha value is -1.82. The second kappa shape index (κ2) is 7.26. The van der Waals surface area contributed by atoms with Crippen molar-refractivity contribution in [3.63, 3.8) is 0 Å². The summed E-state index contributed by atoms with van der Waals surface area (Å²) in [5.41, 5.74) is 2.26. The fraction of sp³-hybridized carbons (Fsp3) is 0.267. The fourth-order valence-electron chi connectivity index (χ4n) is 1.99. The predicted molar refractivity (Wildman–Crippen MR) is 80.3 cm³/mol. The highest BCUT2D eigenvalue weighted by molar-refractivity contribution is 6.30. The quantitative estimate of drug-likeness (QED) is 0.716. The average Bonchev–Trinajstić information content (AvgIpc) is 2.97. The molecule has 21 heavy (non-hydrogen) atoms. The zero-order valence-electron chi connectivity index (χ0n) is 11.6. The number of aromatic nitrogens is 1. The number of esters is 1. The molecule has 1 aromatic carbocycles. The van der Waals surface area contributed by atoms with Gasteiger partial charge in [-0.15, -0.1) is 0 Å². The molecule has 6 heteroatoms.